The number of benzene rings is 1. The first kappa shape index (κ1) is 10.6. The lowest BCUT2D eigenvalue weighted by molar-refractivity contribution is 1.10. The van der Waals surface area contributed by atoms with Gasteiger partial charge in [0, 0.05) is 21.7 Å². The molecule has 0 amide bonds. The van der Waals surface area contributed by atoms with E-state index in [-0.39, 0.29) is 0 Å². The molecule has 0 fully saturated rings. The molecule has 0 bridgehead atoms. The molecular formula is C11H11BrN2S. The van der Waals surface area contributed by atoms with E-state index in [9.17, 15) is 0 Å². The maximum Gasteiger partial charge on any atom is 0.112 e. The van der Waals surface area contributed by atoms with E-state index in [4.69, 9.17) is 0 Å². The third-order valence-corrected chi connectivity index (χ3v) is 3.37. The molecule has 1 heterocycles. The van der Waals surface area contributed by atoms with E-state index in [1.54, 1.807) is 11.3 Å². The number of anilines is 1. The van der Waals surface area contributed by atoms with Crippen molar-refractivity contribution in [1.82, 2.24) is 4.98 Å². The van der Waals surface area contributed by atoms with Crippen molar-refractivity contribution in [3.8, 4) is 0 Å². The average molecular weight is 283 g/mol. The fourth-order valence-electron chi connectivity index (χ4n) is 1.34. The number of rotatable bonds is 3. The van der Waals surface area contributed by atoms with Crippen LogP contribution >= 0.6 is 27.3 Å². The second kappa shape index (κ2) is 4.77. The van der Waals surface area contributed by atoms with Crippen LogP contribution in [0.15, 0.2) is 34.2 Å². The summed E-state index contributed by atoms with van der Waals surface area (Å²) in [7, 11) is 0. The molecular weight excluding hydrogens is 272 g/mol. The van der Waals surface area contributed by atoms with Gasteiger partial charge >= 0.3 is 0 Å². The Morgan fingerprint density at radius 3 is 3.00 bits per heavy atom. The number of thiazole rings is 1. The highest BCUT2D eigenvalue weighted by Gasteiger charge is 1.99. The Morgan fingerprint density at radius 2 is 2.33 bits per heavy atom. The molecule has 1 N–H and O–H groups in total. The van der Waals surface area contributed by atoms with E-state index in [1.807, 2.05) is 17.6 Å². The summed E-state index contributed by atoms with van der Waals surface area (Å²) in [6.07, 6.45) is 1.83. The third kappa shape index (κ3) is 2.79. The number of halogens is 1. The van der Waals surface area contributed by atoms with Crippen molar-refractivity contribution in [3.05, 3.63) is 44.8 Å². The maximum atomic E-state index is 4.23. The summed E-state index contributed by atoms with van der Waals surface area (Å²) in [6.45, 7) is 2.88. The lowest BCUT2D eigenvalue weighted by Crippen LogP contribution is -2.00. The van der Waals surface area contributed by atoms with Crippen LogP contribution in [0, 0.1) is 6.92 Å². The first-order chi connectivity index (χ1) is 7.25. The minimum Gasteiger partial charge on any atom is -0.378 e. The molecule has 2 nitrogen and oxygen atoms in total. The zero-order valence-electron chi connectivity index (χ0n) is 8.33. The van der Waals surface area contributed by atoms with Gasteiger partial charge in [-0.2, -0.15) is 0 Å². The topological polar surface area (TPSA) is 24.9 Å². The minimum atomic E-state index is 0.792. The summed E-state index contributed by atoms with van der Waals surface area (Å²) in [5, 5.41) is 6.47. The first-order valence-electron chi connectivity index (χ1n) is 4.64. The molecule has 2 aromatic rings. The molecule has 2 rings (SSSR count). The summed E-state index contributed by atoms with van der Waals surface area (Å²) in [5.74, 6) is 0. The highest BCUT2D eigenvalue weighted by Crippen LogP contribution is 2.20. The van der Waals surface area contributed by atoms with Gasteiger partial charge in [-0.1, -0.05) is 15.9 Å². The first-order valence-corrected chi connectivity index (χ1v) is 6.31. The van der Waals surface area contributed by atoms with Crippen LogP contribution in [0.3, 0.4) is 0 Å². The van der Waals surface area contributed by atoms with Crippen LogP contribution in [0.2, 0.25) is 0 Å². The van der Waals surface area contributed by atoms with Gasteiger partial charge in [0.05, 0.1) is 6.54 Å². The fraction of sp³-hybridized carbons (Fsp3) is 0.182. The van der Waals surface area contributed by atoms with Crippen molar-refractivity contribution in [1.29, 1.82) is 0 Å². The smallest absolute Gasteiger partial charge is 0.112 e. The van der Waals surface area contributed by atoms with Crippen LogP contribution < -0.4 is 5.32 Å². The van der Waals surface area contributed by atoms with E-state index in [0.29, 0.717) is 0 Å². The quantitative estimate of drug-likeness (QED) is 0.926. The van der Waals surface area contributed by atoms with Crippen molar-refractivity contribution in [2.24, 2.45) is 0 Å². The average Bonchev–Trinajstić information content (AvgIpc) is 2.69. The van der Waals surface area contributed by atoms with Gasteiger partial charge in [-0.05, 0) is 30.7 Å². The van der Waals surface area contributed by atoms with Gasteiger partial charge in [0.1, 0.15) is 5.01 Å². The molecule has 0 aliphatic heterocycles. The van der Waals surface area contributed by atoms with Crippen LogP contribution in [0.25, 0.3) is 0 Å². The van der Waals surface area contributed by atoms with Crippen LogP contribution in [0.1, 0.15) is 10.6 Å². The van der Waals surface area contributed by atoms with Crippen LogP contribution in [0.4, 0.5) is 5.69 Å². The standard InChI is InChI=1S/C11H11BrN2S/c1-8-6-9(12)2-3-10(8)14-7-11-13-4-5-15-11/h2-6,14H,7H2,1H3. The SMILES string of the molecule is Cc1cc(Br)ccc1NCc1nccs1. The molecule has 0 saturated heterocycles. The molecule has 0 saturated carbocycles. The predicted octanol–water partition coefficient (Wildman–Crippen LogP) is 3.83. The largest absolute Gasteiger partial charge is 0.378 e. The van der Waals surface area contributed by atoms with Crippen LogP contribution in [-0.4, -0.2) is 4.98 Å². The van der Waals surface area contributed by atoms with Gasteiger partial charge in [0.25, 0.3) is 0 Å². The molecule has 0 spiro atoms. The minimum absolute atomic E-state index is 0.792. The molecule has 4 heteroatoms. The van der Waals surface area contributed by atoms with Crippen LogP contribution in [-0.2, 0) is 6.54 Å². The Labute approximate surface area is 101 Å². The molecule has 0 atom stereocenters. The lowest BCUT2D eigenvalue weighted by Gasteiger charge is -2.08. The highest BCUT2D eigenvalue weighted by atomic mass is 79.9. The molecule has 0 aliphatic rings. The summed E-state index contributed by atoms with van der Waals surface area (Å²) < 4.78 is 1.11. The number of nitrogens with one attached hydrogen (secondary N) is 1. The van der Waals surface area contributed by atoms with E-state index in [2.05, 4.69) is 45.3 Å². The van der Waals surface area contributed by atoms with Gasteiger partial charge in [-0.3, -0.25) is 0 Å². The number of aryl methyl sites for hydroxylation is 1. The van der Waals surface area contributed by atoms with Crippen molar-refractivity contribution in [2.45, 2.75) is 13.5 Å². The Balaban J connectivity index is 2.05. The van der Waals surface area contributed by atoms with Crippen molar-refractivity contribution in [2.75, 3.05) is 5.32 Å². The van der Waals surface area contributed by atoms with Crippen LogP contribution in [0.5, 0.6) is 0 Å². The van der Waals surface area contributed by atoms with Crippen molar-refractivity contribution in [3.63, 3.8) is 0 Å². The molecule has 0 radical (unpaired) electrons. The highest BCUT2D eigenvalue weighted by molar-refractivity contribution is 9.10. The zero-order valence-corrected chi connectivity index (χ0v) is 10.7. The van der Waals surface area contributed by atoms with Gasteiger partial charge in [-0.15, -0.1) is 11.3 Å². The van der Waals surface area contributed by atoms with E-state index in [0.717, 1.165) is 21.7 Å². The molecule has 0 aliphatic carbocycles. The van der Waals surface area contributed by atoms with Gasteiger partial charge in [0.15, 0.2) is 0 Å². The number of hydrogen-bond donors (Lipinski definition) is 1. The zero-order chi connectivity index (χ0) is 10.7. The van der Waals surface area contributed by atoms with E-state index in [1.165, 1.54) is 5.56 Å². The molecule has 0 unspecified atom stereocenters. The van der Waals surface area contributed by atoms with Gasteiger partial charge < -0.3 is 5.32 Å². The lowest BCUT2D eigenvalue weighted by atomic mass is 10.2. The fourth-order valence-corrected chi connectivity index (χ4v) is 2.37. The van der Waals surface area contributed by atoms with Gasteiger partial charge in [0.2, 0.25) is 0 Å². The monoisotopic (exact) mass is 282 g/mol. The summed E-state index contributed by atoms with van der Waals surface area (Å²) in [5.41, 5.74) is 2.40. The number of hydrogen-bond acceptors (Lipinski definition) is 3. The summed E-state index contributed by atoms with van der Waals surface area (Å²) in [6, 6.07) is 6.22. The Hall–Kier alpha value is -0.870. The molecule has 15 heavy (non-hydrogen) atoms. The Bertz CT molecular complexity index is 440. The number of nitrogens with zero attached hydrogens (tertiary/aromatic N) is 1. The summed E-state index contributed by atoms with van der Waals surface area (Å²) in [4.78, 5) is 4.23. The Kier molecular flexibility index (Phi) is 3.38. The van der Waals surface area contributed by atoms with E-state index < -0.39 is 0 Å². The predicted molar refractivity (Wildman–Crippen MR) is 68.3 cm³/mol. The summed E-state index contributed by atoms with van der Waals surface area (Å²) >= 11 is 5.12. The number of aromatic nitrogens is 1. The molecule has 1 aromatic heterocycles. The molecule has 1 aromatic carbocycles. The van der Waals surface area contributed by atoms with Gasteiger partial charge in [-0.25, -0.2) is 4.98 Å². The molecule has 78 valence electrons. The normalized spacial score (nSPS) is 10.3. The van der Waals surface area contributed by atoms with Crippen molar-refractivity contribution >= 4 is 33.0 Å². The second-order valence-electron chi connectivity index (χ2n) is 3.24. The maximum absolute atomic E-state index is 4.23. The third-order valence-electron chi connectivity index (χ3n) is 2.10. The second-order valence-corrected chi connectivity index (χ2v) is 5.13. The van der Waals surface area contributed by atoms with Crippen molar-refractivity contribution < 1.29 is 0 Å². The Morgan fingerprint density at radius 1 is 1.47 bits per heavy atom. The van der Waals surface area contributed by atoms with E-state index >= 15 is 0 Å².